The van der Waals surface area contributed by atoms with Crippen molar-refractivity contribution in [3.8, 4) is 0 Å². The van der Waals surface area contributed by atoms with Crippen molar-refractivity contribution in [2.45, 2.75) is 19.4 Å². The monoisotopic (exact) mass is 264 g/mol. The van der Waals surface area contributed by atoms with E-state index in [0.29, 0.717) is 5.92 Å². The molecule has 2 nitrogen and oxygen atoms in total. The summed E-state index contributed by atoms with van der Waals surface area (Å²) < 4.78 is 1.15. The first-order valence-electron chi connectivity index (χ1n) is 5.26. The van der Waals surface area contributed by atoms with E-state index in [1.165, 1.54) is 22.2 Å². The second-order valence-corrected chi connectivity index (χ2v) is 5.15. The Balaban J connectivity index is 2.31. The van der Waals surface area contributed by atoms with E-state index in [1.54, 1.807) is 0 Å². The highest BCUT2D eigenvalue weighted by Gasteiger charge is 2.20. The SMILES string of the molecule is CC1CNCc2c1[nH]c1ccc(Br)cc21. The Kier molecular flexibility index (Phi) is 2.11. The molecule has 0 saturated heterocycles. The molecule has 1 atom stereocenters. The molecule has 15 heavy (non-hydrogen) atoms. The maximum Gasteiger partial charge on any atom is 0.0460 e. The lowest BCUT2D eigenvalue weighted by Gasteiger charge is -2.19. The normalized spacial score (nSPS) is 20.5. The summed E-state index contributed by atoms with van der Waals surface area (Å²) in [6.45, 7) is 4.31. The minimum atomic E-state index is 0.583. The summed E-state index contributed by atoms with van der Waals surface area (Å²) in [5.74, 6) is 0.583. The number of rotatable bonds is 0. The molecule has 0 bridgehead atoms. The quantitative estimate of drug-likeness (QED) is 0.752. The van der Waals surface area contributed by atoms with Gasteiger partial charge < -0.3 is 10.3 Å². The summed E-state index contributed by atoms with van der Waals surface area (Å²) in [5.41, 5.74) is 4.09. The summed E-state index contributed by atoms with van der Waals surface area (Å²) in [6, 6.07) is 6.43. The van der Waals surface area contributed by atoms with Crippen LogP contribution in [-0.2, 0) is 6.54 Å². The van der Waals surface area contributed by atoms with Crippen LogP contribution in [-0.4, -0.2) is 11.5 Å². The molecule has 1 unspecified atom stereocenters. The Morgan fingerprint density at radius 3 is 3.13 bits per heavy atom. The van der Waals surface area contributed by atoms with Crippen LogP contribution in [0.15, 0.2) is 22.7 Å². The number of aromatic nitrogens is 1. The molecular weight excluding hydrogens is 252 g/mol. The van der Waals surface area contributed by atoms with Gasteiger partial charge in [0, 0.05) is 40.1 Å². The van der Waals surface area contributed by atoms with Crippen molar-refractivity contribution in [3.05, 3.63) is 33.9 Å². The Morgan fingerprint density at radius 2 is 2.27 bits per heavy atom. The van der Waals surface area contributed by atoms with Crippen LogP contribution in [0.5, 0.6) is 0 Å². The molecule has 0 aliphatic carbocycles. The van der Waals surface area contributed by atoms with Gasteiger partial charge in [0.1, 0.15) is 0 Å². The Morgan fingerprint density at radius 1 is 1.40 bits per heavy atom. The molecule has 2 heterocycles. The van der Waals surface area contributed by atoms with Gasteiger partial charge in [-0.05, 0) is 23.8 Å². The lowest BCUT2D eigenvalue weighted by molar-refractivity contribution is 0.565. The summed E-state index contributed by atoms with van der Waals surface area (Å²) in [5, 5.41) is 4.80. The van der Waals surface area contributed by atoms with Crippen molar-refractivity contribution < 1.29 is 0 Å². The van der Waals surface area contributed by atoms with Crippen molar-refractivity contribution in [2.75, 3.05) is 6.54 Å². The average molecular weight is 265 g/mol. The molecule has 2 N–H and O–H groups in total. The molecule has 1 aromatic carbocycles. The van der Waals surface area contributed by atoms with E-state index in [-0.39, 0.29) is 0 Å². The fraction of sp³-hybridized carbons (Fsp3) is 0.333. The highest BCUT2D eigenvalue weighted by molar-refractivity contribution is 9.10. The first-order valence-corrected chi connectivity index (χ1v) is 6.05. The number of fused-ring (bicyclic) bond motifs is 3. The fourth-order valence-electron chi connectivity index (χ4n) is 2.37. The Hall–Kier alpha value is -0.800. The molecule has 0 spiro atoms. The van der Waals surface area contributed by atoms with Crippen molar-refractivity contribution in [1.82, 2.24) is 10.3 Å². The van der Waals surface area contributed by atoms with Crippen molar-refractivity contribution >= 4 is 26.8 Å². The number of H-pyrrole nitrogens is 1. The minimum absolute atomic E-state index is 0.583. The minimum Gasteiger partial charge on any atom is -0.358 e. The summed E-state index contributed by atoms with van der Waals surface area (Å²) in [6.07, 6.45) is 0. The number of hydrogen-bond donors (Lipinski definition) is 2. The van der Waals surface area contributed by atoms with E-state index in [2.05, 4.69) is 51.4 Å². The predicted octanol–water partition coefficient (Wildman–Crippen LogP) is 3.14. The van der Waals surface area contributed by atoms with Gasteiger partial charge in [-0.3, -0.25) is 0 Å². The number of nitrogens with one attached hydrogen (secondary N) is 2. The number of aromatic amines is 1. The molecule has 1 aliphatic rings. The molecule has 2 aromatic rings. The van der Waals surface area contributed by atoms with Crippen LogP contribution in [0.3, 0.4) is 0 Å². The largest absolute Gasteiger partial charge is 0.358 e. The van der Waals surface area contributed by atoms with Gasteiger partial charge in [-0.1, -0.05) is 22.9 Å². The Labute approximate surface area is 97.2 Å². The lowest BCUT2D eigenvalue weighted by Crippen LogP contribution is -2.26. The molecule has 3 rings (SSSR count). The van der Waals surface area contributed by atoms with E-state index in [4.69, 9.17) is 0 Å². The van der Waals surface area contributed by atoms with E-state index in [0.717, 1.165) is 17.6 Å². The molecule has 1 aromatic heterocycles. The van der Waals surface area contributed by atoms with Gasteiger partial charge in [-0.25, -0.2) is 0 Å². The zero-order valence-corrected chi connectivity index (χ0v) is 10.2. The van der Waals surface area contributed by atoms with Gasteiger partial charge in [0.15, 0.2) is 0 Å². The summed E-state index contributed by atoms with van der Waals surface area (Å²) in [7, 11) is 0. The first kappa shape index (κ1) is 9.43. The van der Waals surface area contributed by atoms with Crippen molar-refractivity contribution in [1.29, 1.82) is 0 Å². The van der Waals surface area contributed by atoms with Gasteiger partial charge in [0.05, 0.1) is 0 Å². The highest BCUT2D eigenvalue weighted by atomic mass is 79.9. The Bertz CT molecular complexity index is 516. The van der Waals surface area contributed by atoms with Crippen LogP contribution in [0.4, 0.5) is 0 Å². The topological polar surface area (TPSA) is 27.8 Å². The standard InChI is InChI=1S/C12H13BrN2/c1-7-5-14-6-10-9-4-8(13)2-3-11(9)15-12(7)10/h2-4,7,14-15H,5-6H2,1H3. The van der Waals surface area contributed by atoms with Gasteiger partial charge in [0.2, 0.25) is 0 Å². The maximum absolute atomic E-state index is 3.53. The van der Waals surface area contributed by atoms with Gasteiger partial charge in [-0.2, -0.15) is 0 Å². The van der Waals surface area contributed by atoms with E-state index in [9.17, 15) is 0 Å². The highest BCUT2D eigenvalue weighted by Crippen LogP contribution is 2.31. The second kappa shape index (κ2) is 3.35. The summed E-state index contributed by atoms with van der Waals surface area (Å²) in [4.78, 5) is 3.53. The van der Waals surface area contributed by atoms with Crippen molar-refractivity contribution in [3.63, 3.8) is 0 Å². The van der Waals surface area contributed by atoms with Crippen LogP contribution in [0.2, 0.25) is 0 Å². The second-order valence-electron chi connectivity index (χ2n) is 4.24. The zero-order chi connectivity index (χ0) is 10.4. The van der Waals surface area contributed by atoms with E-state index < -0.39 is 0 Å². The van der Waals surface area contributed by atoms with Crippen LogP contribution in [0.1, 0.15) is 24.1 Å². The van der Waals surface area contributed by atoms with Crippen LogP contribution >= 0.6 is 15.9 Å². The van der Waals surface area contributed by atoms with Gasteiger partial charge in [0.25, 0.3) is 0 Å². The van der Waals surface area contributed by atoms with Crippen LogP contribution in [0, 0.1) is 0 Å². The smallest absolute Gasteiger partial charge is 0.0460 e. The molecular formula is C12H13BrN2. The molecule has 1 aliphatic heterocycles. The van der Waals surface area contributed by atoms with E-state index in [1.807, 2.05) is 0 Å². The van der Waals surface area contributed by atoms with Gasteiger partial charge >= 0.3 is 0 Å². The number of hydrogen-bond acceptors (Lipinski definition) is 1. The molecule has 0 fully saturated rings. The molecule has 3 heteroatoms. The fourth-order valence-corrected chi connectivity index (χ4v) is 2.73. The number of halogens is 1. The molecule has 0 radical (unpaired) electrons. The predicted molar refractivity (Wildman–Crippen MR) is 66.1 cm³/mol. The third kappa shape index (κ3) is 1.42. The van der Waals surface area contributed by atoms with Crippen LogP contribution in [0.25, 0.3) is 10.9 Å². The summed E-state index contributed by atoms with van der Waals surface area (Å²) >= 11 is 3.53. The molecule has 78 valence electrons. The molecule has 0 amide bonds. The number of benzene rings is 1. The first-order chi connectivity index (χ1) is 7.25. The lowest BCUT2D eigenvalue weighted by atomic mass is 9.98. The zero-order valence-electron chi connectivity index (χ0n) is 8.60. The maximum atomic E-state index is 3.53. The third-order valence-electron chi connectivity index (χ3n) is 3.15. The van der Waals surface area contributed by atoms with E-state index >= 15 is 0 Å². The third-order valence-corrected chi connectivity index (χ3v) is 3.64. The van der Waals surface area contributed by atoms with Gasteiger partial charge in [-0.15, -0.1) is 0 Å². The van der Waals surface area contributed by atoms with Crippen molar-refractivity contribution in [2.24, 2.45) is 0 Å². The van der Waals surface area contributed by atoms with Crippen LogP contribution < -0.4 is 5.32 Å². The molecule has 0 saturated carbocycles. The average Bonchev–Trinajstić information content (AvgIpc) is 2.58.